The molecule has 0 saturated heterocycles. The summed E-state index contributed by atoms with van der Waals surface area (Å²) in [7, 11) is 0. The third-order valence-corrected chi connectivity index (χ3v) is 3.88. The summed E-state index contributed by atoms with van der Waals surface area (Å²) in [5.41, 5.74) is 5.59. The van der Waals surface area contributed by atoms with Gasteiger partial charge in [-0.25, -0.2) is 0 Å². The first kappa shape index (κ1) is 16.2. The second kappa shape index (κ2) is 6.31. The van der Waals surface area contributed by atoms with E-state index in [1.165, 1.54) is 16.7 Å². The van der Waals surface area contributed by atoms with Gasteiger partial charge in [-0.2, -0.15) is 0 Å². The zero-order valence-electron chi connectivity index (χ0n) is 14.1. The Morgan fingerprint density at radius 1 is 0.955 bits per heavy atom. The summed E-state index contributed by atoms with van der Waals surface area (Å²) in [4.78, 5) is 12.3. The molecule has 0 saturated carbocycles. The summed E-state index contributed by atoms with van der Waals surface area (Å²) in [6.45, 7) is 10.6. The molecular formula is C21H24O. The first-order chi connectivity index (χ1) is 10.3. The number of carbonyl (C=O) groups excluding carboxylic acids is 1. The molecule has 0 heterocycles. The lowest BCUT2D eigenvalue weighted by Crippen LogP contribution is -2.11. The van der Waals surface area contributed by atoms with E-state index in [9.17, 15) is 4.79 Å². The van der Waals surface area contributed by atoms with Crippen molar-refractivity contribution in [2.45, 2.75) is 40.0 Å². The van der Waals surface area contributed by atoms with Crippen LogP contribution in [0.1, 0.15) is 53.4 Å². The molecule has 0 aliphatic rings. The molecule has 0 unspecified atom stereocenters. The van der Waals surface area contributed by atoms with Gasteiger partial charge in [-0.15, -0.1) is 0 Å². The quantitative estimate of drug-likeness (QED) is 0.539. The topological polar surface area (TPSA) is 17.1 Å². The van der Waals surface area contributed by atoms with Crippen molar-refractivity contribution >= 4 is 11.9 Å². The SMILES string of the molecule is Cc1ccc(/C=C/C(=O)c2ccc(C(C)(C)C)cc2)c(C)c1. The first-order valence-corrected chi connectivity index (χ1v) is 7.67. The van der Waals surface area contributed by atoms with Crippen molar-refractivity contribution in [1.82, 2.24) is 0 Å². The third-order valence-electron chi connectivity index (χ3n) is 3.88. The molecule has 0 bridgehead atoms. The minimum Gasteiger partial charge on any atom is -0.289 e. The number of rotatable bonds is 3. The Hall–Kier alpha value is -2.15. The summed E-state index contributed by atoms with van der Waals surface area (Å²) in [5, 5.41) is 0. The van der Waals surface area contributed by atoms with Gasteiger partial charge in [-0.1, -0.05) is 74.9 Å². The highest BCUT2D eigenvalue weighted by atomic mass is 16.1. The highest BCUT2D eigenvalue weighted by Crippen LogP contribution is 2.22. The molecule has 0 aliphatic carbocycles. The van der Waals surface area contributed by atoms with Crippen molar-refractivity contribution in [3.63, 3.8) is 0 Å². The van der Waals surface area contributed by atoms with Gasteiger partial charge < -0.3 is 0 Å². The van der Waals surface area contributed by atoms with E-state index in [2.05, 4.69) is 52.8 Å². The Kier molecular flexibility index (Phi) is 4.65. The standard InChI is InChI=1S/C21H24O/c1-15-6-7-17(16(2)14-15)10-13-20(22)18-8-11-19(12-9-18)21(3,4)5/h6-14H,1-5H3/b13-10+. The smallest absolute Gasteiger partial charge is 0.185 e. The molecule has 22 heavy (non-hydrogen) atoms. The van der Waals surface area contributed by atoms with Crippen LogP contribution < -0.4 is 0 Å². The van der Waals surface area contributed by atoms with Crippen LogP contribution >= 0.6 is 0 Å². The molecule has 0 radical (unpaired) electrons. The molecule has 0 aliphatic heterocycles. The molecule has 0 spiro atoms. The van der Waals surface area contributed by atoms with Gasteiger partial charge in [0.25, 0.3) is 0 Å². The number of benzene rings is 2. The van der Waals surface area contributed by atoms with E-state index in [-0.39, 0.29) is 11.2 Å². The fourth-order valence-corrected chi connectivity index (χ4v) is 2.41. The summed E-state index contributed by atoms with van der Waals surface area (Å²) >= 11 is 0. The zero-order chi connectivity index (χ0) is 16.3. The van der Waals surface area contributed by atoms with Gasteiger partial charge in [0, 0.05) is 5.56 Å². The number of aryl methyl sites for hydroxylation is 2. The molecule has 0 amide bonds. The Bertz CT molecular complexity index is 698. The second-order valence-corrected chi connectivity index (χ2v) is 6.88. The zero-order valence-corrected chi connectivity index (χ0v) is 14.1. The summed E-state index contributed by atoms with van der Waals surface area (Å²) < 4.78 is 0. The first-order valence-electron chi connectivity index (χ1n) is 7.67. The summed E-state index contributed by atoms with van der Waals surface area (Å²) in [6.07, 6.45) is 3.55. The van der Waals surface area contributed by atoms with Crippen LogP contribution in [0.25, 0.3) is 6.08 Å². The Morgan fingerprint density at radius 2 is 1.59 bits per heavy atom. The van der Waals surface area contributed by atoms with Crippen molar-refractivity contribution in [3.05, 3.63) is 76.4 Å². The van der Waals surface area contributed by atoms with Crippen LogP contribution in [0.3, 0.4) is 0 Å². The van der Waals surface area contributed by atoms with Crippen LogP contribution in [0.2, 0.25) is 0 Å². The van der Waals surface area contributed by atoms with E-state index in [4.69, 9.17) is 0 Å². The highest BCUT2D eigenvalue weighted by molar-refractivity contribution is 6.06. The van der Waals surface area contributed by atoms with Gasteiger partial charge in [0.15, 0.2) is 5.78 Å². The molecule has 0 atom stereocenters. The second-order valence-electron chi connectivity index (χ2n) is 6.88. The van der Waals surface area contributed by atoms with E-state index in [0.29, 0.717) is 0 Å². The lowest BCUT2D eigenvalue weighted by Gasteiger charge is -2.18. The summed E-state index contributed by atoms with van der Waals surface area (Å²) in [6, 6.07) is 14.1. The number of carbonyl (C=O) groups is 1. The van der Waals surface area contributed by atoms with Crippen molar-refractivity contribution in [2.75, 3.05) is 0 Å². The van der Waals surface area contributed by atoms with Crippen LogP contribution in [-0.4, -0.2) is 5.78 Å². The Morgan fingerprint density at radius 3 is 2.14 bits per heavy atom. The van der Waals surface area contributed by atoms with E-state index < -0.39 is 0 Å². The number of ketones is 1. The van der Waals surface area contributed by atoms with Crippen LogP contribution in [0.4, 0.5) is 0 Å². The lowest BCUT2D eigenvalue weighted by atomic mass is 9.86. The van der Waals surface area contributed by atoms with E-state index in [1.54, 1.807) is 6.08 Å². The fraction of sp³-hybridized carbons (Fsp3) is 0.286. The fourth-order valence-electron chi connectivity index (χ4n) is 2.41. The third kappa shape index (κ3) is 3.94. The normalized spacial score (nSPS) is 11.9. The average molecular weight is 292 g/mol. The van der Waals surface area contributed by atoms with Crippen molar-refractivity contribution in [3.8, 4) is 0 Å². The number of hydrogen-bond acceptors (Lipinski definition) is 1. The Labute approximate surface area is 133 Å². The monoisotopic (exact) mass is 292 g/mol. The maximum absolute atomic E-state index is 12.3. The maximum atomic E-state index is 12.3. The van der Waals surface area contributed by atoms with Gasteiger partial charge in [-0.05, 0) is 42.0 Å². The minimum absolute atomic E-state index is 0.0421. The molecule has 0 fully saturated rings. The Balaban J connectivity index is 2.16. The van der Waals surface area contributed by atoms with E-state index in [1.807, 2.05) is 30.3 Å². The van der Waals surface area contributed by atoms with Crippen LogP contribution in [0, 0.1) is 13.8 Å². The van der Waals surface area contributed by atoms with Crippen LogP contribution in [0.5, 0.6) is 0 Å². The van der Waals surface area contributed by atoms with Gasteiger partial charge in [0.1, 0.15) is 0 Å². The molecule has 2 aromatic carbocycles. The molecule has 2 aromatic rings. The molecule has 1 nitrogen and oxygen atoms in total. The van der Waals surface area contributed by atoms with Crippen molar-refractivity contribution < 1.29 is 4.79 Å². The van der Waals surface area contributed by atoms with Crippen LogP contribution in [-0.2, 0) is 5.41 Å². The molecule has 0 aromatic heterocycles. The predicted molar refractivity (Wildman–Crippen MR) is 94.4 cm³/mol. The predicted octanol–water partition coefficient (Wildman–Crippen LogP) is 5.50. The number of hydrogen-bond donors (Lipinski definition) is 0. The molecule has 114 valence electrons. The van der Waals surface area contributed by atoms with Crippen molar-refractivity contribution in [1.29, 1.82) is 0 Å². The molecular weight excluding hydrogens is 268 g/mol. The van der Waals surface area contributed by atoms with E-state index in [0.717, 1.165) is 11.1 Å². The maximum Gasteiger partial charge on any atom is 0.185 e. The lowest BCUT2D eigenvalue weighted by molar-refractivity contribution is 0.104. The molecule has 0 N–H and O–H groups in total. The van der Waals surface area contributed by atoms with Crippen LogP contribution in [0.15, 0.2) is 48.5 Å². The van der Waals surface area contributed by atoms with Crippen molar-refractivity contribution in [2.24, 2.45) is 0 Å². The van der Waals surface area contributed by atoms with Gasteiger partial charge >= 0.3 is 0 Å². The average Bonchev–Trinajstić information content (AvgIpc) is 2.45. The van der Waals surface area contributed by atoms with E-state index >= 15 is 0 Å². The summed E-state index contributed by atoms with van der Waals surface area (Å²) in [5.74, 6) is 0.0421. The van der Waals surface area contributed by atoms with Gasteiger partial charge in [0.2, 0.25) is 0 Å². The minimum atomic E-state index is 0.0421. The largest absolute Gasteiger partial charge is 0.289 e. The highest BCUT2D eigenvalue weighted by Gasteiger charge is 2.13. The van der Waals surface area contributed by atoms with Gasteiger partial charge in [-0.3, -0.25) is 4.79 Å². The molecule has 2 rings (SSSR count). The number of allylic oxidation sites excluding steroid dienone is 1. The molecule has 1 heteroatoms. The van der Waals surface area contributed by atoms with Gasteiger partial charge in [0.05, 0.1) is 0 Å².